The molecule has 2 aromatic rings. The highest BCUT2D eigenvalue weighted by atomic mass is 79.9. The van der Waals surface area contributed by atoms with Crippen LogP contribution in [0.4, 0.5) is 5.69 Å². The van der Waals surface area contributed by atoms with Gasteiger partial charge in [-0.1, -0.05) is 6.07 Å². The summed E-state index contributed by atoms with van der Waals surface area (Å²) in [5, 5.41) is 2.67. The van der Waals surface area contributed by atoms with Crippen LogP contribution in [0.5, 0.6) is 0 Å². The van der Waals surface area contributed by atoms with E-state index in [0.29, 0.717) is 34.5 Å². The second kappa shape index (κ2) is 7.32. The number of carbonyl (C=O) groups excluding carboxylic acids is 1. The van der Waals surface area contributed by atoms with Crippen molar-refractivity contribution in [2.45, 2.75) is 17.7 Å². The molecule has 1 aromatic heterocycles. The average Bonchev–Trinajstić information content (AvgIpc) is 3.07. The Balaban J connectivity index is 1.78. The van der Waals surface area contributed by atoms with Crippen LogP contribution >= 0.6 is 15.9 Å². The molecule has 1 aliphatic heterocycles. The lowest BCUT2D eigenvalue weighted by Gasteiger charge is -2.10. The largest absolute Gasteiger partial charge is 0.322 e. The van der Waals surface area contributed by atoms with E-state index >= 15 is 0 Å². The van der Waals surface area contributed by atoms with E-state index in [1.54, 1.807) is 24.4 Å². The number of anilines is 1. The van der Waals surface area contributed by atoms with Gasteiger partial charge in [0.25, 0.3) is 15.9 Å². The normalized spacial score (nSPS) is 14.0. The molecule has 25 heavy (non-hydrogen) atoms. The molecule has 0 unspecified atom stereocenters. The number of benzene rings is 1. The molecule has 9 heteroatoms. The molecule has 1 aromatic carbocycles. The second-order valence-corrected chi connectivity index (χ2v) is 8.01. The molecule has 0 bridgehead atoms. The van der Waals surface area contributed by atoms with Gasteiger partial charge in [-0.3, -0.25) is 19.5 Å². The number of nitrogens with one attached hydrogen (secondary N) is 2. The SMILES string of the molecule is O=C(Nc1cccc(S(=O)(=O)NC2=NCCC2)c1)c1cncc(Br)c1. The number of amidine groups is 1. The van der Waals surface area contributed by atoms with E-state index in [1.165, 1.54) is 18.3 Å². The summed E-state index contributed by atoms with van der Waals surface area (Å²) in [6.07, 6.45) is 4.46. The monoisotopic (exact) mass is 422 g/mol. The van der Waals surface area contributed by atoms with Gasteiger partial charge in [-0.25, -0.2) is 8.42 Å². The molecule has 2 N–H and O–H groups in total. The third kappa shape index (κ3) is 4.43. The molecule has 7 nitrogen and oxygen atoms in total. The van der Waals surface area contributed by atoms with Crippen molar-refractivity contribution in [3.8, 4) is 0 Å². The van der Waals surface area contributed by atoms with E-state index in [-0.39, 0.29) is 10.8 Å². The maximum atomic E-state index is 12.4. The van der Waals surface area contributed by atoms with Crippen LogP contribution in [-0.4, -0.2) is 31.7 Å². The van der Waals surface area contributed by atoms with E-state index in [9.17, 15) is 13.2 Å². The molecule has 0 saturated heterocycles. The highest BCUT2D eigenvalue weighted by Gasteiger charge is 2.19. The van der Waals surface area contributed by atoms with Crippen molar-refractivity contribution in [3.63, 3.8) is 0 Å². The maximum Gasteiger partial charge on any atom is 0.262 e. The number of nitrogens with zero attached hydrogens (tertiary/aromatic N) is 2. The number of carbonyl (C=O) groups is 1. The lowest BCUT2D eigenvalue weighted by atomic mass is 10.2. The summed E-state index contributed by atoms with van der Waals surface area (Å²) >= 11 is 3.25. The number of hydrogen-bond acceptors (Lipinski definition) is 5. The van der Waals surface area contributed by atoms with Gasteiger partial charge in [-0.05, 0) is 46.6 Å². The Labute approximate surface area is 153 Å². The molecule has 0 spiro atoms. The van der Waals surface area contributed by atoms with Crippen molar-refractivity contribution in [3.05, 3.63) is 52.8 Å². The lowest BCUT2D eigenvalue weighted by molar-refractivity contribution is 0.102. The molecule has 130 valence electrons. The quantitative estimate of drug-likeness (QED) is 0.790. The highest BCUT2D eigenvalue weighted by molar-refractivity contribution is 9.10. The summed E-state index contributed by atoms with van der Waals surface area (Å²) in [4.78, 5) is 20.4. The van der Waals surface area contributed by atoms with Crippen LogP contribution in [0.3, 0.4) is 0 Å². The topological polar surface area (TPSA) is 101 Å². The molecule has 1 aliphatic rings. The smallest absolute Gasteiger partial charge is 0.262 e. The Bertz CT molecular complexity index is 944. The summed E-state index contributed by atoms with van der Waals surface area (Å²) in [7, 11) is -3.73. The first-order chi connectivity index (χ1) is 11.9. The first-order valence-corrected chi connectivity index (χ1v) is 9.80. The number of rotatable bonds is 4. The van der Waals surface area contributed by atoms with Gasteiger partial charge in [0.05, 0.1) is 10.5 Å². The fourth-order valence-corrected chi connectivity index (χ4v) is 3.82. The average molecular weight is 423 g/mol. The summed E-state index contributed by atoms with van der Waals surface area (Å²) in [5.74, 6) is 0.0890. The van der Waals surface area contributed by atoms with Crippen LogP contribution < -0.4 is 10.0 Å². The third-order valence-electron chi connectivity index (χ3n) is 3.50. The standard InChI is InChI=1S/C16H15BrN4O3S/c17-12-7-11(9-18-10-12)16(22)20-13-3-1-4-14(8-13)25(23,24)21-15-5-2-6-19-15/h1,3-4,7-10H,2,5-6H2,(H,19,21)(H,20,22). The van der Waals surface area contributed by atoms with Crippen LogP contribution in [-0.2, 0) is 10.0 Å². The molecule has 1 amide bonds. The van der Waals surface area contributed by atoms with Gasteiger partial charge >= 0.3 is 0 Å². The molecule has 0 aliphatic carbocycles. The number of amides is 1. The Kier molecular flexibility index (Phi) is 5.14. The van der Waals surface area contributed by atoms with Crippen LogP contribution in [0.1, 0.15) is 23.2 Å². The van der Waals surface area contributed by atoms with Crippen LogP contribution in [0.25, 0.3) is 0 Å². The molecular formula is C16H15BrN4O3S. The van der Waals surface area contributed by atoms with Gasteiger partial charge in [-0.15, -0.1) is 0 Å². The number of sulfonamides is 1. The second-order valence-electron chi connectivity index (χ2n) is 5.41. The van der Waals surface area contributed by atoms with Crippen molar-refractivity contribution in [1.82, 2.24) is 9.71 Å². The molecule has 3 rings (SSSR count). The first kappa shape index (κ1) is 17.6. The third-order valence-corrected chi connectivity index (χ3v) is 5.31. The van der Waals surface area contributed by atoms with Gasteiger partial charge < -0.3 is 5.32 Å². The number of halogens is 1. The van der Waals surface area contributed by atoms with Crippen LogP contribution in [0, 0.1) is 0 Å². The van der Waals surface area contributed by atoms with Crippen molar-refractivity contribution in [2.24, 2.45) is 4.99 Å². The Hall–Kier alpha value is -2.26. The molecule has 0 atom stereocenters. The predicted octanol–water partition coefficient (Wildman–Crippen LogP) is 2.57. The van der Waals surface area contributed by atoms with Crippen molar-refractivity contribution >= 4 is 43.4 Å². The number of pyridine rings is 1. The summed E-state index contributed by atoms with van der Waals surface area (Å²) in [5.41, 5.74) is 0.738. The minimum atomic E-state index is -3.73. The summed E-state index contributed by atoms with van der Waals surface area (Å²) < 4.78 is 28.0. The van der Waals surface area contributed by atoms with Crippen LogP contribution in [0.2, 0.25) is 0 Å². The summed E-state index contributed by atoms with van der Waals surface area (Å²) in [6.45, 7) is 0.634. The van der Waals surface area contributed by atoms with E-state index in [4.69, 9.17) is 0 Å². The molecule has 0 saturated carbocycles. The zero-order valence-electron chi connectivity index (χ0n) is 13.1. The van der Waals surface area contributed by atoms with Gasteiger partial charge in [-0.2, -0.15) is 0 Å². The Morgan fingerprint density at radius 1 is 1.20 bits per heavy atom. The van der Waals surface area contributed by atoms with Gasteiger partial charge in [0.2, 0.25) is 0 Å². The number of aromatic nitrogens is 1. The minimum absolute atomic E-state index is 0.0623. The van der Waals surface area contributed by atoms with Gasteiger partial charge in [0.15, 0.2) is 0 Å². The Morgan fingerprint density at radius 3 is 2.76 bits per heavy atom. The maximum absolute atomic E-state index is 12.4. The Morgan fingerprint density at radius 2 is 2.04 bits per heavy atom. The van der Waals surface area contributed by atoms with Gasteiger partial charge in [0, 0.05) is 35.5 Å². The first-order valence-electron chi connectivity index (χ1n) is 7.52. The lowest BCUT2D eigenvalue weighted by Crippen LogP contribution is -2.29. The molecular weight excluding hydrogens is 408 g/mol. The molecule has 0 fully saturated rings. The highest BCUT2D eigenvalue weighted by Crippen LogP contribution is 2.18. The zero-order chi connectivity index (χ0) is 17.9. The van der Waals surface area contributed by atoms with Gasteiger partial charge in [0.1, 0.15) is 5.84 Å². The van der Waals surface area contributed by atoms with Crippen molar-refractivity contribution in [2.75, 3.05) is 11.9 Å². The van der Waals surface area contributed by atoms with Crippen molar-refractivity contribution < 1.29 is 13.2 Å². The van der Waals surface area contributed by atoms with E-state index in [0.717, 1.165) is 6.42 Å². The fraction of sp³-hybridized carbons (Fsp3) is 0.188. The molecule has 0 radical (unpaired) electrons. The van der Waals surface area contributed by atoms with Crippen molar-refractivity contribution in [1.29, 1.82) is 0 Å². The number of hydrogen-bond donors (Lipinski definition) is 2. The minimum Gasteiger partial charge on any atom is -0.322 e. The number of aliphatic imine (C=N–C) groups is 1. The fourth-order valence-electron chi connectivity index (χ4n) is 2.32. The van der Waals surface area contributed by atoms with E-state index < -0.39 is 10.0 Å². The molecule has 2 heterocycles. The van der Waals surface area contributed by atoms with E-state index in [2.05, 4.69) is 35.9 Å². The predicted molar refractivity (Wildman–Crippen MR) is 98.2 cm³/mol. The summed E-state index contributed by atoms with van der Waals surface area (Å²) in [6, 6.07) is 7.69. The van der Waals surface area contributed by atoms with E-state index in [1.807, 2.05) is 0 Å². The zero-order valence-corrected chi connectivity index (χ0v) is 15.5. The van der Waals surface area contributed by atoms with Crippen LogP contribution in [0.15, 0.2) is 57.1 Å².